The number of nitrogens with two attached hydrogens (primary N) is 1. The predicted octanol–water partition coefficient (Wildman–Crippen LogP) is 1.31. The zero-order valence-electron chi connectivity index (χ0n) is 9.40. The highest BCUT2D eigenvalue weighted by atomic mass is 32.2. The van der Waals surface area contributed by atoms with Crippen molar-refractivity contribution >= 4 is 21.6 Å². The number of para-hydroxylation sites is 2. The molecule has 0 heterocycles. The fraction of sp³-hybridized carbons (Fsp3) is 0.400. The topological polar surface area (TPSA) is 84.2 Å². The minimum Gasteiger partial charge on any atom is -0.397 e. The van der Waals surface area contributed by atoms with E-state index in [0.29, 0.717) is 11.4 Å². The third-order valence-electron chi connectivity index (χ3n) is 2.17. The van der Waals surface area contributed by atoms with Gasteiger partial charge in [-0.3, -0.25) is 4.72 Å². The Balaban J connectivity index is 2.77. The molecule has 0 saturated heterocycles. The molecule has 0 radical (unpaired) electrons. The van der Waals surface area contributed by atoms with Gasteiger partial charge in [-0.05, 0) is 25.5 Å². The average molecular weight is 243 g/mol. The molecule has 4 N–H and O–H groups in total. The number of rotatable bonds is 5. The first-order chi connectivity index (χ1) is 7.44. The van der Waals surface area contributed by atoms with E-state index in [0.717, 1.165) is 6.42 Å². The molecule has 5 nitrogen and oxygen atoms in total. The fourth-order valence-corrected chi connectivity index (χ4v) is 2.34. The summed E-state index contributed by atoms with van der Waals surface area (Å²) in [6, 6.07) is 6.61. The summed E-state index contributed by atoms with van der Waals surface area (Å²) in [4.78, 5) is 0. The number of nitrogen functional groups attached to an aromatic ring is 1. The SMILES string of the molecule is CCC(C)NS(=O)(=O)Nc1ccccc1N. The number of nitrogens with one attached hydrogen (secondary N) is 2. The van der Waals surface area contributed by atoms with Crippen molar-refractivity contribution in [2.24, 2.45) is 0 Å². The second kappa shape index (κ2) is 5.18. The first-order valence-corrected chi connectivity index (χ1v) is 6.57. The fourth-order valence-electron chi connectivity index (χ4n) is 1.11. The Kier molecular flexibility index (Phi) is 4.14. The molecule has 1 aromatic rings. The molecule has 90 valence electrons. The van der Waals surface area contributed by atoms with E-state index in [-0.39, 0.29) is 6.04 Å². The molecule has 6 heteroatoms. The van der Waals surface area contributed by atoms with E-state index in [1.165, 1.54) is 0 Å². The van der Waals surface area contributed by atoms with Gasteiger partial charge in [-0.15, -0.1) is 0 Å². The van der Waals surface area contributed by atoms with Crippen LogP contribution in [0.2, 0.25) is 0 Å². The molecule has 0 bridgehead atoms. The highest BCUT2D eigenvalue weighted by Gasteiger charge is 2.13. The van der Waals surface area contributed by atoms with Gasteiger partial charge < -0.3 is 5.73 Å². The zero-order chi connectivity index (χ0) is 12.2. The number of benzene rings is 1. The molecule has 1 atom stereocenters. The molecule has 0 aliphatic carbocycles. The van der Waals surface area contributed by atoms with Gasteiger partial charge in [-0.2, -0.15) is 13.1 Å². The third kappa shape index (κ3) is 3.71. The normalized spacial score (nSPS) is 13.4. The molecule has 0 saturated carbocycles. The summed E-state index contributed by atoms with van der Waals surface area (Å²) in [6.45, 7) is 3.71. The lowest BCUT2D eigenvalue weighted by molar-refractivity contribution is 0.561. The van der Waals surface area contributed by atoms with Crippen LogP contribution in [-0.2, 0) is 10.2 Å². The number of hydrogen-bond donors (Lipinski definition) is 3. The summed E-state index contributed by atoms with van der Waals surface area (Å²) in [5.74, 6) is 0. The molecule has 0 amide bonds. The molecule has 0 aromatic heterocycles. The van der Waals surface area contributed by atoms with Crippen molar-refractivity contribution in [3.05, 3.63) is 24.3 Å². The van der Waals surface area contributed by atoms with E-state index in [4.69, 9.17) is 5.73 Å². The molecular weight excluding hydrogens is 226 g/mol. The van der Waals surface area contributed by atoms with Crippen molar-refractivity contribution in [1.29, 1.82) is 0 Å². The molecule has 0 fully saturated rings. The molecule has 0 spiro atoms. The summed E-state index contributed by atoms with van der Waals surface area (Å²) in [5.41, 5.74) is 6.42. The Morgan fingerprint density at radius 1 is 1.38 bits per heavy atom. The van der Waals surface area contributed by atoms with Gasteiger partial charge in [0.05, 0.1) is 11.4 Å². The van der Waals surface area contributed by atoms with Crippen LogP contribution in [-0.4, -0.2) is 14.5 Å². The maximum atomic E-state index is 11.6. The van der Waals surface area contributed by atoms with Gasteiger partial charge in [0.2, 0.25) is 0 Å². The largest absolute Gasteiger partial charge is 0.397 e. The molecule has 1 rings (SSSR count). The van der Waals surface area contributed by atoms with E-state index in [1.807, 2.05) is 6.92 Å². The molecule has 0 aliphatic heterocycles. The third-order valence-corrected chi connectivity index (χ3v) is 3.38. The standard InChI is InChI=1S/C10H17N3O2S/c1-3-8(2)12-16(14,15)13-10-7-5-4-6-9(10)11/h4-8,12-13H,3,11H2,1-2H3. The van der Waals surface area contributed by atoms with Crippen molar-refractivity contribution < 1.29 is 8.42 Å². The molecule has 0 aliphatic rings. The summed E-state index contributed by atoms with van der Waals surface area (Å²) < 4.78 is 28.2. The van der Waals surface area contributed by atoms with Crippen LogP contribution in [0.1, 0.15) is 20.3 Å². The van der Waals surface area contributed by atoms with E-state index < -0.39 is 10.2 Å². The van der Waals surface area contributed by atoms with E-state index in [2.05, 4.69) is 9.44 Å². The van der Waals surface area contributed by atoms with Gasteiger partial charge in [-0.25, -0.2) is 0 Å². The Bertz CT molecular complexity index is 445. The number of anilines is 2. The Hall–Kier alpha value is -1.27. The summed E-state index contributed by atoms with van der Waals surface area (Å²) >= 11 is 0. The second-order valence-electron chi connectivity index (χ2n) is 3.62. The number of hydrogen-bond acceptors (Lipinski definition) is 3. The Labute approximate surface area is 96.2 Å². The highest BCUT2D eigenvalue weighted by molar-refractivity contribution is 7.90. The van der Waals surface area contributed by atoms with Gasteiger partial charge >= 0.3 is 0 Å². The zero-order valence-corrected chi connectivity index (χ0v) is 10.2. The lowest BCUT2D eigenvalue weighted by Gasteiger charge is -2.14. The molecule has 1 unspecified atom stereocenters. The van der Waals surface area contributed by atoms with Gasteiger partial charge in [0, 0.05) is 6.04 Å². The van der Waals surface area contributed by atoms with Crippen LogP contribution in [0.5, 0.6) is 0 Å². The molecule has 16 heavy (non-hydrogen) atoms. The lowest BCUT2D eigenvalue weighted by atomic mass is 10.3. The molecular formula is C10H17N3O2S. The van der Waals surface area contributed by atoms with Crippen LogP contribution in [0.4, 0.5) is 11.4 Å². The van der Waals surface area contributed by atoms with Crippen molar-refractivity contribution in [3.8, 4) is 0 Å². The Morgan fingerprint density at radius 2 is 2.00 bits per heavy atom. The van der Waals surface area contributed by atoms with Gasteiger partial charge in [0.15, 0.2) is 0 Å². The van der Waals surface area contributed by atoms with Crippen LogP contribution in [0, 0.1) is 0 Å². The van der Waals surface area contributed by atoms with Crippen molar-refractivity contribution in [2.45, 2.75) is 26.3 Å². The van der Waals surface area contributed by atoms with Crippen molar-refractivity contribution in [1.82, 2.24) is 4.72 Å². The summed E-state index contributed by atoms with van der Waals surface area (Å²) in [7, 11) is -3.55. The van der Waals surface area contributed by atoms with Crippen molar-refractivity contribution in [3.63, 3.8) is 0 Å². The van der Waals surface area contributed by atoms with E-state index in [1.54, 1.807) is 31.2 Å². The predicted molar refractivity (Wildman–Crippen MR) is 66.3 cm³/mol. The lowest BCUT2D eigenvalue weighted by Crippen LogP contribution is -2.36. The molecule has 1 aromatic carbocycles. The summed E-state index contributed by atoms with van der Waals surface area (Å²) in [5, 5.41) is 0. The van der Waals surface area contributed by atoms with Gasteiger partial charge in [0.25, 0.3) is 10.2 Å². The first kappa shape index (κ1) is 12.8. The maximum Gasteiger partial charge on any atom is 0.299 e. The Morgan fingerprint density at radius 3 is 2.56 bits per heavy atom. The van der Waals surface area contributed by atoms with Crippen LogP contribution in [0.15, 0.2) is 24.3 Å². The van der Waals surface area contributed by atoms with E-state index in [9.17, 15) is 8.42 Å². The first-order valence-electron chi connectivity index (χ1n) is 5.09. The summed E-state index contributed by atoms with van der Waals surface area (Å²) in [6.07, 6.45) is 0.727. The van der Waals surface area contributed by atoms with E-state index >= 15 is 0 Å². The monoisotopic (exact) mass is 243 g/mol. The minimum absolute atomic E-state index is 0.109. The van der Waals surface area contributed by atoms with Crippen LogP contribution >= 0.6 is 0 Å². The quantitative estimate of drug-likeness (QED) is 0.682. The van der Waals surface area contributed by atoms with Crippen LogP contribution < -0.4 is 15.2 Å². The smallest absolute Gasteiger partial charge is 0.299 e. The van der Waals surface area contributed by atoms with Gasteiger partial charge in [0.1, 0.15) is 0 Å². The minimum atomic E-state index is -3.55. The van der Waals surface area contributed by atoms with Crippen molar-refractivity contribution in [2.75, 3.05) is 10.5 Å². The highest BCUT2D eigenvalue weighted by Crippen LogP contribution is 2.17. The van der Waals surface area contributed by atoms with Crippen LogP contribution in [0.3, 0.4) is 0 Å². The van der Waals surface area contributed by atoms with Gasteiger partial charge in [-0.1, -0.05) is 19.1 Å². The van der Waals surface area contributed by atoms with Crippen LogP contribution in [0.25, 0.3) is 0 Å². The average Bonchev–Trinajstić information content (AvgIpc) is 2.20. The maximum absolute atomic E-state index is 11.6. The second-order valence-corrected chi connectivity index (χ2v) is 5.07.